The van der Waals surface area contributed by atoms with Crippen LogP contribution in [-0.2, 0) is 9.53 Å². The van der Waals surface area contributed by atoms with Gasteiger partial charge >= 0.3 is 5.97 Å². The number of rotatable bonds is 7. The van der Waals surface area contributed by atoms with Crippen LogP contribution >= 0.6 is 11.8 Å². The first-order chi connectivity index (χ1) is 12.1. The lowest BCUT2D eigenvalue weighted by Gasteiger charge is -2.08. The van der Waals surface area contributed by atoms with Crippen LogP contribution in [0.4, 0.5) is 5.69 Å². The molecule has 0 fully saturated rings. The maximum atomic E-state index is 12.3. The van der Waals surface area contributed by atoms with Gasteiger partial charge in [-0.2, -0.15) is 0 Å². The lowest BCUT2D eigenvalue weighted by atomic mass is 10.1. The van der Waals surface area contributed by atoms with E-state index in [1.165, 1.54) is 6.08 Å². The molecule has 1 amide bonds. The zero-order valence-corrected chi connectivity index (χ0v) is 15.1. The maximum Gasteiger partial charge on any atom is 0.330 e. The van der Waals surface area contributed by atoms with Crippen molar-refractivity contribution in [1.29, 1.82) is 0 Å². The maximum absolute atomic E-state index is 12.3. The molecule has 0 aliphatic rings. The van der Waals surface area contributed by atoms with E-state index < -0.39 is 0 Å². The number of thioether (sulfide) groups is 1. The highest BCUT2D eigenvalue weighted by Gasteiger charge is 2.08. The minimum Gasteiger partial charge on any atom is -0.463 e. The fraction of sp³-hybridized carbons (Fsp3) is 0.200. The van der Waals surface area contributed by atoms with Crippen molar-refractivity contribution in [3.63, 3.8) is 0 Å². The van der Waals surface area contributed by atoms with Gasteiger partial charge in [0, 0.05) is 28.0 Å². The van der Waals surface area contributed by atoms with Crippen LogP contribution in [-0.4, -0.2) is 24.2 Å². The van der Waals surface area contributed by atoms with Gasteiger partial charge in [-0.25, -0.2) is 4.79 Å². The van der Waals surface area contributed by atoms with E-state index >= 15 is 0 Å². The van der Waals surface area contributed by atoms with Gasteiger partial charge < -0.3 is 10.1 Å². The Balaban J connectivity index is 1.86. The highest BCUT2D eigenvalue weighted by molar-refractivity contribution is 7.99. The number of amides is 1. The van der Waals surface area contributed by atoms with Crippen LogP contribution in [0.25, 0.3) is 0 Å². The summed E-state index contributed by atoms with van der Waals surface area (Å²) in [5, 5.41) is 2.90. The molecule has 0 aromatic heterocycles. The summed E-state index contributed by atoms with van der Waals surface area (Å²) in [7, 11) is 0. The van der Waals surface area contributed by atoms with Crippen molar-refractivity contribution in [3.8, 4) is 0 Å². The Morgan fingerprint density at radius 3 is 2.52 bits per heavy atom. The van der Waals surface area contributed by atoms with Crippen molar-refractivity contribution in [2.24, 2.45) is 0 Å². The summed E-state index contributed by atoms with van der Waals surface area (Å²) in [6.07, 6.45) is 3.21. The van der Waals surface area contributed by atoms with Crippen LogP contribution in [0, 0.1) is 6.92 Å². The van der Waals surface area contributed by atoms with Crippen molar-refractivity contribution < 1.29 is 14.3 Å². The average molecular weight is 355 g/mol. The second-order valence-corrected chi connectivity index (χ2v) is 6.35. The van der Waals surface area contributed by atoms with E-state index in [9.17, 15) is 9.59 Å². The number of nitrogens with one attached hydrogen (secondary N) is 1. The van der Waals surface area contributed by atoms with E-state index in [1.807, 2.05) is 55.5 Å². The van der Waals surface area contributed by atoms with E-state index in [1.54, 1.807) is 24.8 Å². The standard InChI is InChI=1S/C20H21NO3S/c1-3-24-19(22)9-6-14-25-17-12-10-16(11-13-17)21-20(23)18-8-5-4-7-15(18)2/h4-13H,3,14H2,1-2H3,(H,21,23)/b9-6+. The molecule has 0 radical (unpaired) electrons. The number of aryl methyl sites for hydroxylation is 1. The normalized spacial score (nSPS) is 10.6. The molecule has 1 N–H and O–H groups in total. The van der Waals surface area contributed by atoms with Gasteiger partial charge in [-0.15, -0.1) is 11.8 Å². The van der Waals surface area contributed by atoms with Gasteiger partial charge in [0.15, 0.2) is 0 Å². The monoisotopic (exact) mass is 355 g/mol. The molecule has 130 valence electrons. The summed E-state index contributed by atoms with van der Waals surface area (Å²) in [6, 6.07) is 15.1. The number of hydrogen-bond acceptors (Lipinski definition) is 4. The Morgan fingerprint density at radius 1 is 1.12 bits per heavy atom. The molecule has 2 aromatic rings. The molecular formula is C20H21NO3S. The summed E-state index contributed by atoms with van der Waals surface area (Å²) in [6.45, 7) is 4.07. The van der Waals surface area contributed by atoms with Crippen molar-refractivity contribution in [1.82, 2.24) is 0 Å². The number of benzene rings is 2. The Hall–Kier alpha value is -2.53. The predicted molar refractivity (Wildman–Crippen MR) is 102 cm³/mol. The molecule has 4 nitrogen and oxygen atoms in total. The first-order valence-corrected chi connectivity index (χ1v) is 9.02. The van der Waals surface area contributed by atoms with Crippen molar-refractivity contribution in [2.75, 3.05) is 17.7 Å². The van der Waals surface area contributed by atoms with Gasteiger partial charge in [0.25, 0.3) is 5.91 Å². The molecule has 0 saturated heterocycles. The highest BCUT2D eigenvalue weighted by atomic mass is 32.2. The predicted octanol–water partition coefficient (Wildman–Crippen LogP) is 4.46. The molecule has 2 aromatic carbocycles. The van der Waals surface area contributed by atoms with Crippen LogP contribution in [0.5, 0.6) is 0 Å². The number of anilines is 1. The average Bonchev–Trinajstić information content (AvgIpc) is 2.60. The fourth-order valence-corrected chi connectivity index (χ4v) is 2.85. The Labute approximate surface area is 152 Å². The number of carbonyl (C=O) groups is 2. The van der Waals surface area contributed by atoms with Crippen LogP contribution in [0.2, 0.25) is 0 Å². The molecule has 25 heavy (non-hydrogen) atoms. The lowest BCUT2D eigenvalue weighted by Crippen LogP contribution is -2.13. The molecule has 0 unspecified atom stereocenters. The van der Waals surface area contributed by atoms with E-state index in [0.717, 1.165) is 16.1 Å². The molecule has 0 saturated carbocycles. The Morgan fingerprint density at radius 2 is 1.84 bits per heavy atom. The zero-order valence-electron chi connectivity index (χ0n) is 14.3. The molecule has 0 atom stereocenters. The summed E-state index contributed by atoms with van der Waals surface area (Å²) in [5.41, 5.74) is 2.37. The number of carbonyl (C=O) groups excluding carboxylic acids is 2. The third kappa shape index (κ3) is 6.12. The largest absolute Gasteiger partial charge is 0.463 e. The fourth-order valence-electron chi connectivity index (χ4n) is 2.14. The van der Waals surface area contributed by atoms with Crippen LogP contribution in [0.15, 0.2) is 65.6 Å². The van der Waals surface area contributed by atoms with E-state index in [0.29, 0.717) is 17.9 Å². The first-order valence-electron chi connectivity index (χ1n) is 8.03. The summed E-state index contributed by atoms with van der Waals surface area (Å²) >= 11 is 1.60. The van der Waals surface area contributed by atoms with E-state index in [-0.39, 0.29) is 11.9 Å². The molecule has 2 rings (SSSR count). The SMILES string of the molecule is CCOC(=O)/C=C/CSc1ccc(NC(=O)c2ccccc2C)cc1. The number of ether oxygens (including phenoxy) is 1. The van der Waals surface area contributed by atoms with Gasteiger partial charge in [-0.05, 0) is 49.7 Å². The summed E-state index contributed by atoms with van der Waals surface area (Å²) < 4.78 is 4.82. The molecule has 5 heteroatoms. The van der Waals surface area contributed by atoms with Crippen molar-refractivity contribution >= 4 is 29.3 Å². The van der Waals surface area contributed by atoms with E-state index in [4.69, 9.17) is 4.74 Å². The molecule has 0 heterocycles. The van der Waals surface area contributed by atoms with Crippen LogP contribution in [0.1, 0.15) is 22.8 Å². The highest BCUT2D eigenvalue weighted by Crippen LogP contribution is 2.21. The lowest BCUT2D eigenvalue weighted by molar-refractivity contribution is -0.137. The van der Waals surface area contributed by atoms with Crippen LogP contribution < -0.4 is 5.32 Å². The van der Waals surface area contributed by atoms with Gasteiger partial charge in [0.1, 0.15) is 0 Å². The third-order valence-electron chi connectivity index (χ3n) is 3.39. The summed E-state index contributed by atoms with van der Waals surface area (Å²) in [5.74, 6) is 0.238. The Bertz CT molecular complexity index is 754. The topological polar surface area (TPSA) is 55.4 Å². The third-order valence-corrected chi connectivity index (χ3v) is 4.35. The molecule has 0 aliphatic heterocycles. The quantitative estimate of drug-likeness (QED) is 0.453. The Kier molecular flexibility index (Phi) is 7.29. The van der Waals surface area contributed by atoms with Gasteiger partial charge in [0.2, 0.25) is 0 Å². The first kappa shape index (κ1) is 18.8. The van der Waals surface area contributed by atoms with Crippen molar-refractivity contribution in [3.05, 3.63) is 71.8 Å². The van der Waals surface area contributed by atoms with Gasteiger partial charge in [-0.3, -0.25) is 4.79 Å². The zero-order chi connectivity index (χ0) is 18.1. The second kappa shape index (κ2) is 9.69. The van der Waals surface area contributed by atoms with Crippen LogP contribution in [0.3, 0.4) is 0 Å². The van der Waals surface area contributed by atoms with Gasteiger partial charge in [0.05, 0.1) is 6.61 Å². The minimum atomic E-state index is -0.322. The number of esters is 1. The van der Waals surface area contributed by atoms with Crippen molar-refractivity contribution in [2.45, 2.75) is 18.7 Å². The van der Waals surface area contributed by atoms with E-state index in [2.05, 4.69) is 5.32 Å². The smallest absolute Gasteiger partial charge is 0.330 e. The molecule has 0 aliphatic carbocycles. The molecule has 0 spiro atoms. The molecule has 0 bridgehead atoms. The minimum absolute atomic E-state index is 0.115. The second-order valence-electron chi connectivity index (χ2n) is 5.26. The number of hydrogen-bond donors (Lipinski definition) is 1. The molecular weight excluding hydrogens is 334 g/mol. The summed E-state index contributed by atoms with van der Waals surface area (Å²) in [4.78, 5) is 24.5. The van der Waals surface area contributed by atoms with Gasteiger partial charge in [-0.1, -0.05) is 24.3 Å².